The van der Waals surface area contributed by atoms with Crippen molar-refractivity contribution in [1.29, 1.82) is 0 Å². The summed E-state index contributed by atoms with van der Waals surface area (Å²) in [5.41, 5.74) is 1.72. The molecule has 1 aliphatic carbocycles. The Morgan fingerprint density at radius 3 is 2.77 bits per heavy atom. The van der Waals surface area contributed by atoms with Crippen molar-refractivity contribution in [2.75, 3.05) is 11.6 Å². The van der Waals surface area contributed by atoms with E-state index in [-0.39, 0.29) is 10.8 Å². The summed E-state index contributed by atoms with van der Waals surface area (Å²) in [6.07, 6.45) is 7.10. The topological polar surface area (TPSA) is 85.4 Å². The molecule has 1 saturated carbocycles. The lowest BCUT2D eigenvalue weighted by Gasteiger charge is -2.13. The SMILES string of the molecule is CS(=O)(=O)c1ccc2nc(NC(=O)CCc3cccc(OC4CCCC4)c3)sc2c1. The Balaban J connectivity index is 1.35. The van der Waals surface area contributed by atoms with E-state index in [0.29, 0.717) is 29.6 Å². The first-order valence-corrected chi connectivity index (χ1v) is 12.7. The third-order valence-electron chi connectivity index (χ3n) is 5.18. The number of hydrogen-bond acceptors (Lipinski definition) is 6. The van der Waals surface area contributed by atoms with E-state index >= 15 is 0 Å². The highest BCUT2D eigenvalue weighted by Gasteiger charge is 2.17. The molecular weight excluding hydrogens is 420 g/mol. The number of anilines is 1. The van der Waals surface area contributed by atoms with Gasteiger partial charge in [-0.1, -0.05) is 23.5 Å². The molecule has 4 rings (SSSR count). The molecule has 8 heteroatoms. The van der Waals surface area contributed by atoms with E-state index in [9.17, 15) is 13.2 Å². The van der Waals surface area contributed by atoms with Gasteiger partial charge >= 0.3 is 0 Å². The molecule has 0 aliphatic heterocycles. The number of thiazole rings is 1. The molecule has 0 bridgehead atoms. The van der Waals surface area contributed by atoms with E-state index in [1.165, 1.54) is 36.5 Å². The quantitative estimate of drug-likeness (QED) is 0.576. The molecule has 1 heterocycles. The number of rotatable bonds is 7. The van der Waals surface area contributed by atoms with Crippen LogP contribution in [0.2, 0.25) is 0 Å². The summed E-state index contributed by atoms with van der Waals surface area (Å²) in [6, 6.07) is 12.7. The maximum Gasteiger partial charge on any atom is 0.226 e. The number of carbonyl (C=O) groups excluding carboxylic acids is 1. The van der Waals surface area contributed by atoms with Crippen LogP contribution in [-0.2, 0) is 21.1 Å². The summed E-state index contributed by atoms with van der Waals surface area (Å²) in [5.74, 6) is 0.743. The summed E-state index contributed by atoms with van der Waals surface area (Å²) in [6.45, 7) is 0. The van der Waals surface area contributed by atoms with Gasteiger partial charge in [-0.3, -0.25) is 4.79 Å². The van der Waals surface area contributed by atoms with E-state index in [4.69, 9.17) is 4.74 Å². The molecule has 1 aliphatic rings. The van der Waals surface area contributed by atoms with E-state index in [1.807, 2.05) is 24.3 Å². The summed E-state index contributed by atoms with van der Waals surface area (Å²) >= 11 is 1.27. The van der Waals surface area contributed by atoms with Gasteiger partial charge in [0.1, 0.15) is 5.75 Å². The number of carbonyl (C=O) groups is 1. The molecule has 30 heavy (non-hydrogen) atoms. The van der Waals surface area contributed by atoms with Gasteiger partial charge in [-0.25, -0.2) is 13.4 Å². The number of nitrogens with zero attached hydrogens (tertiary/aromatic N) is 1. The first-order valence-electron chi connectivity index (χ1n) is 10.0. The van der Waals surface area contributed by atoms with Crippen LogP contribution >= 0.6 is 11.3 Å². The number of amides is 1. The minimum Gasteiger partial charge on any atom is -0.490 e. The van der Waals surface area contributed by atoms with Crippen LogP contribution < -0.4 is 10.1 Å². The van der Waals surface area contributed by atoms with Crippen LogP contribution in [0.15, 0.2) is 47.4 Å². The Hall–Kier alpha value is -2.45. The van der Waals surface area contributed by atoms with Crippen molar-refractivity contribution in [3.05, 3.63) is 48.0 Å². The average Bonchev–Trinajstić information content (AvgIpc) is 3.34. The summed E-state index contributed by atoms with van der Waals surface area (Å²) < 4.78 is 30.2. The fourth-order valence-electron chi connectivity index (χ4n) is 3.60. The first kappa shape index (κ1) is 20.8. The van der Waals surface area contributed by atoms with Gasteiger partial charge in [0.25, 0.3) is 0 Å². The number of sulfone groups is 1. The van der Waals surface area contributed by atoms with Gasteiger partial charge in [0.15, 0.2) is 15.0 Å². The van der Waals surface area contributed by atoms with E-state index in [1.54, 1.807) is 12.1 Å². The number of benzene rings is 2. The minimum absolute atomic E-state index is 0.125. The van der Waals surface area contributed by atoms with Crippen LogP contribution in [0.3, 0.4) is 0 Å². The van der Waals surface area contributed by atoms with Crippen LogP contribution in [0.25, 0.3) is 10.2 Å². The largest absolute Gasteiger partial charge is 0.490 e. The molecule has 0 atom stereocenters. The molecule has 0 saturated heterocycles. The fourth-order valence-corrected chi connectivity index (χ4v) is 5.24. The Morgan fingerprint density at radius 1 is 1.20 bits per heavy atom. The fraction of sp³-hybridized carbons (Fsp3) is 0.364. The highest BCUT2D eigenvalue weighted by atomic mass is 32.2. The van der Waals surface area contributed by atoms with Crippen molar-refractivity contribution in [2.45, 2.75) is 49.5 Å². The van der Waals surface area contributed by atoms with Crippen LogP contribution in [0, 0.1) is 0 Å². The van der Waals surface area contributed by atoms with Gasteiger partial charge in [-0.15, -0.1) is 0 Å². The molecule has 1 fully saturated rings. The number of ether oxygens (including phenoxy) is 1. The van der Waals surface area contributed by atoms with Gasteiger partial charge in [0.2, 0.25) is 5.91 Å². The predicted molar refractivity (Wildman–Crippen MR) is 119 cm³/mol. The van der Waals surface area contributed by atoms with Crippen molar-refractivity contribution in [2.24, 2.45) is 0 Å². The minimum atomic E-state index is -3.28. The monoisotopic (exact) mass is 444 g/mol. The number of aromatic nitrogens is 1. The first-order chi connectivity index (χ1) is 14.4. The molecule has 1 N–H and O–H groups in total. The lowest BCUT2D eigenvalue weighted by molar-refractivity contribution is -0.116. The summed E-state index contributed by atoms with van der Waals surface area (Å²) in [4.78, 5) is 17.0. The molecule has 158 valence electrons. The zero-order chi connectivity index (χ0) is 21.1. The van der Waals surface area contributed by atoms with E-state index < -0.39 is 9.84 Å². The van der Waals surface area contributed by atoms with Crippen LogP contribution in [0.1, 0.15) is 37.7 Å². The molecule has 0 spiro atoms. The summed E-state index contributed by atoms with van der Waals surface area (Å²) in [7, 11) is -3.28. The van der Waals surface area contributed by atoms with Crippen LogP contribution in [0.5, 0.6) is 5.75 Å². The van der Waals surface area contributed by atoms with Gasteiger partial charge in [-0.05, 0) is 68.0 Å². The lowest BCUT2D eigenvalue weighted by Crippen LogP contribution is -2.12. The molecule has 3 aromatic rings. The Labute approximate surface area is 180 Å². The third kappa shape index (κ3) is 5.17. The van der Waals surface area contributed by atoms with Gasteiger partial charge < -0.3 is 10.1 Å². The molecule has 2 aromatic carbocycles. The molecular formula is C22H24N2O4S2. The molecule has 1 aromatic heterocycles. The van der Waals surface area contributed by atoms with Crippen LogP contribution in [0.4, 0.5) is 5.13 Å². The normalized spacial score (nSPS) is 14.8. The standard InChI is InChI=1S/C22H24N2O4S2/c1-30(26,27)18-10-11-19-20(14-18)29-22(23-19)24-21(25)12-9-15-5-4-8-17(13-15)28-16-6-2-3-7-16/h4-5,8,10-11,13-14,16H,2-3,6-7,9,12H2,1H3,(H,23,24,25). The maximum absolute atomic E-state index is 12.4. The van der Waals surface area contributed by atoms with Crippen molar-refractivity contribution < 1.29 is 17.9 Å². The van der Waals surface area contributed by atoms with Crippen molar-refractivity contribution in [1.82, 2.24) is 4.98 Å². The molecule has 0 unspecified atom stereocenters. The Kier molecular flexibility index (Phi) is 6.06. The zero-order valence-electron chi connectivity index (χ0n) is 16.8. The lowest BCUT2D eigenvalue weighted by atomic mass is 10.1. The number of aryl methyl sites for hydroxylation is 1. The zero-order valence-corrected chi connectivity index (χ0v) is 18.4. The Bertz CT molecular complexity index is 1160. The van der Waals surface area contributed by atoms with Crippen LogP contribution in [-0.4, -0.2) is 31.7 Å². The molecule has 6 nitrogen and oxygen atoms in total. The number of nitrogens with one attached hydrogen (secondary N) is 1. The Morgan fingerprint density at radius 2 is 2.00 bits per heavy atom. The van der Waals surface area contributed by atoms with Gasteiger partial charge in [0, 0.05) is 12.7 Å². The van der Waals surface area contributed by atoms with Crippen molar-refractivity contribution in [3.8, 4) is 5.75 Å². The number of fused-ring (bicyclic) bond motifs is 1. The van der Waals surface area contributed by atoms with Gasteiger partial charge in [0.05, 0.1) is 21.2 Å². The average molecular weight is 445 g/mol. The highest BCUT2D eigenvalue weighted by Crippen LogP contribution is 2.28. The second kappa shape index (κ2) is 8.73. The summed E-state index contributed by atoms with van der Waals surface area (Å²) in [5, 5.41) is 3.29. The molecule has 0 radical (unpaired) electrons. The highest BCUT2D eigenvalue weighted by molar-refractivity contribution is 7.90. The van der Waals surface area contributed by atoms with E-state index in [0.717, 1.165) is 28.9 Å². The molecule has 1 amide bonds. The number of hydrogen-bond donors (Lipinski definition) is 1. The predicted octanol–water partition coefficient (Wildman–Crippen LogP) is 4.59. The van der Waals surface area contributed by atoms with Gasteiger partial charge in [-0.2, -0.15) is 0 Å². The maximum atomic E-state index is 12.4. The second-order valence-corrected chi connectivity index (χ2v) is 10.7. The smallest absolute Gasteiger partial charge is 0.226 e. The third-order valence-corrected chi connectivity index (χ3v) is 7.22. The van der Waals surface area contributed by atoms with Crippen molar-refractivity contribution >= 4 is 42.4 Å². The van der Waals surface area contributed by atoms with E-state index in [2.05, 4.69) is 10.3 Å². The second-order valence-electron chi connectivity index (χ2n) is 7.64. The van der Waals surface area contributed by atoms with Crippen molar-refractivity contribution in [3.63, 3.8) is 0 Å².